The van der Waals surface area contributed by atoms with Crippen LogP contribution in [0.2, 0.25) is 0 Å². The molecule has 20 heavy (non-hydrogen) atoms. The highest BCUT2D eigenvalue weighted by atomic mass is 32.2. The average molecular weight is 300 g/mol. The van der Waals surface area contributed by atoms with E-state index >= 15 is 0 Å². The summed E-state index contributed by atoms with van der Waals surface area (Å²) in [6, 6.07) is 1.34. The lowest BCUT2D eigenvalue weighted by Crippen LogP contribution is -2.24. The first-order chi connectivity index (χ1) is 9.58. The molecular weight excluding hydrogens is 286 g/mol. The van der Waals surface area contributed by atoms with Gasteiger partial charge >= 0.3 is 0 Å². The van der Waals surface area contributed by atoms with Gasteiger partial charge in [0.15, 0.2) is 0 Å². The first-order valence-corrected chi connectivity index (χ1v) is 7.03. The van der Waals surface area contributed by atoms with Crippen molar-refractivity contribution in [3.8, 4) is 0 Å². The molecule has 1 aromatic heterocycles. The Labute approximate surface area is 117 Å². The third-order valence-electron chi connectivity index (χ3n) is 2.49. The second-order valence-corrected chi connectivity index (χ2v) is 4.90. The van der Waals surface area contributed by atoms with Crippen LogP contribution in [0.15, 0.2) is 17.1 Å². The molecule has 0 aliphatic rings. The van der Waals surface area contributed by atoms with E-state index in [1.54, 1.807) is 0 Å². The van der Waals surface area contributed by atoms with Crippen LogP contribution >= 0.6 is 0 Å². The molecule has 0 radical (unpaired) electrons. The molecule has 2 amide bonds. The van der Waals surface area contributed by atoms with E-state index in [2.05, 4.69) is 10.6 Å². The molecular formula is C11H14N3O5S-. The van der Waals surface area contributed by atoms with E-state index in [4.69, 9.17) is 0 Å². The fourth-order valence-electron chi connectivity index (χ4n) is 1.62. The number of rotatable bonds is 9. The van der Waals surface area contributed by atoms with Gasteiger partial charge in [0.1, 0.15) is 5.69 Å². The van der Waals surface area contributed by atoms with E-state index in [0.717, 1.165) is 0 Å². The molecule has 1 unspecified atom stereocenters. The maximum absolute atomic E-state index is 11.9. The van der Waals surface area contributed by atoms with E-state index in [0.29, 0.717) is 31.3 Å². The van der Waals surface area contributed by atoms with E-state index in [1.165, 1.54) is 16.8 Å². The third-order valence-corrected chi connectivity index (χ3v) is 3.11. The standard InChI is InChI=1S/C11H15N3O5S/c15-7-12-9-5-10(13-8-16)11(17)14(6-9)3-1-2-4-20(18)19/h5-8H,1-4H2,(H,12,15)(H,13,16)(H,18,19)/p-1. The highest BCUT2D eigenvalue weighted by molar-refractivity contribution is 7.79. The smallest absolute Gasteiger partial charge is 0.274 e. The van der Waals surface area contributed by atoms with Gasteiger partial charge in [0.05, 0.1) is 5.69 Å². The van der Waals surface area contributed by atoms with Gasteiger partial charge in [-0.3, -0.25) is 18.6 Å². The third kappa shape index (κ3) is 4.94. The molecule has 0 spiro atoms. The number of nitrogens with zero attached hydrogens (tertiary/aromatic N) is 1. The predicted octanol–water partition coefficient (Wildman–Crippen LogP) is -0.356. The number of carbonyl (C=O) groups is 2. The Morgan fingerprint density at radius 1 is 1.25 bits per heavy atom. The Morgan fingerprint density at radius 3 is 2.55 bits per heavy atom. The minimum absolute atomic E-state index is 0.0282. The Kier molecular flexibility index (Phi) is 6.60. The van der Waals surface area contributed by atoms with Crippen LogP contribution in [0.4, 0.5) is 11.4 Å². The van der Waals surface area contributed by atoms with Crippen molar-refractivity contribution in [2.24, 2.45) is 0 Å². The molecule has 1 atom stereocenters. The van der Waals surface area contributed by atoms with Crippen molar-refractivity contribution in [1.82, 2.24) is 4.57 Å². The fourth-order valence-corrected chi connectivity index (χ4v) is 2.06. The van der Waals surface area contributed by atoms with Crippen LogP contribution in [0.5, 0.6) is 0 Å². The summed E-state index contributed by atoms with van der Waals surface area (Å²) in [7, 11) is 0. The van der Waals surface area contributed by atoms with E-state index in [1.807, 2.05) is 0 Å². The number of hydrogen-bond acceptors (Lipinski definition) is 5. The zero-order valence-corrected chi connectivity index (χ0v) is 11.4. The second kappa shape index (κ2) is 8.23. The summed E-state index contributed by atoms with van der Waals surface area (Å²) in [6.07, 6.45) is 3.16. The Balaban J connectivity index is 2.86. The quantitative estimate of drug-likeness (QED) is 0.367. The highest BCUT2D eigenvalue weighted by Crippen LogP contribution is 2.10. The number of amides is 2. The van der Waals surface area contributed by atoms with Gasteiger partial charge in [0.2, 0.25) is 12.8 Å². The van der Waals surface area contributed by atoms with Gasteiger partial charge in [0.25, 0.3) is 5.56 Å². The van der Waals surface area contributed by atoms with Crippen LogP contribution in [-0.2, 0) is 27.2 Å². The number of unbranched alkanes of at least 4 members (excludes halogenated alkanes) is 1. The molecule has 0 saturated carbocycles. The van der Waals surface area contributed by atoms with Crippen molar-refractivity contribution in [1.29, 1.82) is 0 Å². The number of anilines is 2. The minimum Gasteiger partial charge on any atom is -0.772 e. The van der Waals surface area contributed by atoms with Gasteiger partial charge < -0.3 is 19.8 Å². The number of carbonyl (C=O) groups excluding carboxylic acids is 2. The van der Waals surface area contributed by atoms with Crippen molar-refractivity contribution >= 4 is 35.3 Å². The average Bonchev–Trinajstić information content (AvgIpc) is 2.39. The van der Waals surface area contributed by atoms with Crippen LogP contribution in [0.1, 0.15) is 12.8 Å². The van der Waals surface area contributed by atoms with Crippen LogP contribution in [0, 0.1) is 0 Å². The SMILES string of the molecule is O=CNc1cc(NC=O)c(=O)n(CCCCS(=O)[O-])c1. The molecule has 0 aliphatic heterocycles. The number of aryl methyl sites for hydroxylation is 1. The fraction of sp³-hybridized carbons (Fsp3) is 0.364. The molecule has 2 N–H and O–H groups in total. The van der Waals surface area contributed by atoms with Crippen molar-refractivity contribution < 1.29 is 18.4 Å². The van der Waals surface area contributed by atoms with E-state index < -0.39 is 16.6 Å². The topological polar surface area (TPSA) is 120 Å². The number of hydrogen-bond donors (Lipinski definition) is 2. The van der Waals surface area contributed by atoms with Gasteiger partial charge in [-0.2, -0.15) is 0 Å². The molecule has 0 fully saturated rings. The largest absolute Gasteiger partial charge is 0.772 e. The summed E-state index contributed by atoms with van der Waals surface area (Å²) >= 11 is -2.10. The van der Waals surface area contributed by atoms with Crippen LogP contribution in [0.25, 0.3) is 0 Å². The summed E-state index contributed by atoms with van der Waals surface area (Å²) in [4.78, 5) is 32.8. The van der Waals surface area contributed by atoms with Gasteiger partial charge in [0, 0.05) is 18.5 Å². The van der Waals surface area contributed by atoms with Crippen LogP contribution < -0.4 is 16.2 Å². The molecule has 110 valence electrons. The molecule has 0 aliphatic carbocycles. The Hall–Kier alpha value is -2.00. The van der Waals surface area contributed by atoms with Crippen molar-refractivity contribution in [2.75, 3.05) is 16.4 Å². The molecule has 0 bridgehead atoms. The summed E-state index contributed by atoms with van der Waals surface area (Å²) in [5, 5.41) is 4.64. The second-order valence-electron chi connectivity index (χ2n) is 3.88. The molecule has 9 heteroatoms. The zero-order chi connectivity index (χ0) is 15.0. The summed E-state index contributed by atoms with van der Waals surface area (Å²) in [5.74, 6) is 0.0282. The summed E-state index contributed by atoms with van der Waals surface area (Å²) in [5.41, 5.74) is -0.0209. The van der Waals surface area contributed by atoms with Gasteiger partial charge in [-0.05, 0) is 18.9 Å². The van der Waals surface area contributed by atoms with Gasteiger partial charge in [-0.1, -0.05) is 11.1 Å². The van der Waals surface area contributed by atoms with Crippen LogP contribution in [-0.4, -0.2) is 31.9 Å². The maximum Gasteiger partial charge on any atom is 0.274 e. The highest BCUT2D eigenvalue weighted by Gasteiger charge is 2.06. The monoisotopic (exact) mass is 300 g/mol. The van der Waals surface area contributed by atoms with E-state index in [-0.39, 0.29) is 18.0 Å². The molecule has 1 aromatic rings. The number of pyridine rings is 1. The summed E-state index contributed by atoms with van der Waals surface area (Å²) in [6.45, 7) is 0.290. The van der Waals surface area contributed by atoms with E-state index in [9.17, 15) is 23.1 Å². The number of aromatic nitrogens is 1. The molecule has 8 nitrogen and oxygen atoms in total. The lowest BCUT2D eigenvalue weighted by atomic mass is 10.3. The predicted molar refractivity (Wildman–Crippen MR) is 73.1 cm³/mol. The van der Waals surface area contributed by atoms with Crippen molar-refractivity contribution in [3.63, 3.8) is 0 Å². The molecule has 1 rings (SSSR count). The first kappa shape index (κ1) is 16.1. The lowest BCUT2D eigenvalue weighted by molar-refractivity contribution is -0.106. The Morgan fingerprint density at radius 2 is 1.95 bits per heavy atom. The van der Waals surface area contributed by atoms with Gasteiger partial charge in [-0.15, -0.1) is 0 Å². The Bertz CT molecular complexity index is 557. The normalized spacial score (nSPS) is 11.7. The number of nitrogens with one attached hydrogen (secondary N) is 2. The van der Waals surface area contributed by atoms with Crippen molar-refractivity contribution in [2.45, 2.75) is 19.4 Å². The van der Waals surface area contributed by atoms with Crippen molar-refractivity contribution in [3.05, 3.63) is 22.6 Å². The minimum atomic E-state index is -2.10. The first-order valence-electron chi connectivity index (χ1n) is 5.79. The van der Waals surface area contributed by atoms with Crippen LogP contribution in [0.3, 0.4) is 0 Å². The molecule has 1 heterocycles. The maximum atomic E-state index is 11.9. The molecule has 0 saturated heterocycles. The zero-order valence-electron chi connectivity index (χ0n) is 10.5. The van der Waals surface area contributed by atoms with Gasteiger partial charge in [-0.25, -0.2) is 0 Å². The molecule has 0 aromatic carbocycles. The lowest BCUT2D eigenvalue weighted by Gasteiger charge is -2.11. The summed E-state index contributed by atoms with van der Waals surface area (Å²) < 4.78 is 22.1.